The van der Waals surface area contributed by atoms with Gasteiger partial charge in [-0.25, -0.2) is 4.79 Å². The van der Waals surface area contributed by atoms with E-state index in [1.54, 1.807) is 0 Å². The zero-order valence-corrected chi connectivity index (χ0v) is 13.4. The van der Waals surface area contributed by atoms with E-state index in [2.05, 4.69) is 29.5 Å². The van der Waals surface area contributed by atoms with Crippen molar-refractivity contribution in [2.75, 3.05) is 33.2 Å². The molecule has 1 rings (SSSR count). The van der Waals surface area contributed by atoms with Crippen LogP contribution in [-0.2, 0) is 4.79 Å². The fourth-order valence-corrected chi connectivity index (χ4v) is 2.57. The van der Waals surface area contributed by atoms with Gasteiger partial charge in [-0.3, -0.25) is 4.79 Å². The molecule has 1 unspecified atom stereocenters. The van der Waals surface area contributed by atoms with Crippen LogP contribution in [0.1, 0.15) is 39.5 Å². The molecule has 0 saturated carbocycles. The van der Waals surface area contributed by atoms with E-state index in [0.717, 1.165) is 32.4 Å². The number of aliphatic carboxylic acids is 1. The van der Waals surface area contributed by atoms with Crippen LogP contribution in [0.5, 0.6) is 0 Å². The maximum absolute atomic E-state index is 11.8. The van der Waals surface area contributed by atoms with Crippen molar-refractivity contribution in [1.82, 2.24) is 15.5 Å². The van der Waals surface area contributed by atoms with Crippen LogP contribution in [0.4, 0.5) is 4.79 Å². The number of carbonyl (C=O) groups is 2. The van der Waals surface area contributed by atoms with E-state index in [1.807, 2.05) is 6.92 Å². The summed E-state index contributed by atoms with van der Waals surface area (Å²) in [5.74, 6) is -1.35. The Hall–Kier alpha value is -1.30. The highest BCUT2D eigenvalue weighted by Gasteiger charge is 2.29. The summed E-state index contributed by atoms with van der Waals surface area (Å²) >= 11 is 0. The van der Waals surface area contributed by atoms with Crippen molar-refractivity contribution >= 4 is 12.0 Å². The van der Waals surface area contributed by atoms with E-state index in [-0.39, 0.29) is 18.0 Å². The minimum absolute atomic E-state index is 0.138. The number of amides is 2. The smallest absolute Gasteiger partial charge is 0.314 e. The molecule has 0 aromatic heterocycles. The summed E-state index contributed by atoms with van der Waals surface area (Å²) in [7, 11) is 2.11. The van der Waals surface area contributed by atoms with Gasteiger partial charge in [-0.1, -0.05) is 20.3 Å². The number of nitrogens with zero attached hydrogens (tertiary/aromatic N) is 1. The van der Waals surface area contributed by atoms with Crippen LogP contribution in [0, 0.1) is 11.3 Å². The predicted molar refractivity (Wildman–Crippen MR) is 82.3 cm³/mol. The third-order valence-electron chi connectivity index (χ3n) is 4.37. The third kappa shape index (κ3) is 6.33. The highest BCUT2D eigenvalue weighted by Crippen LogP contribution is 2.29. The van der Waals surface area contributed by atoms with Crippen LogP contribution in [0.2, 0.25) is 0 Å². The summed E-state index contributed by atoms with van der Waals surface area (Å²) in [5, 5.41) is 14.6. The molecule has 2 amide bonds. The van der Waals surface area contributed by atoms with Crippen molar-refractivity contribution in [1.29, 1.82) is 0 Å². The van der Waals surface area contributed by atoms with Crippen molar-refractivity contribution < 1.29 is 14.7 Å². The Morgan fingerprint density at radius 3 is 2.43 bits per heavy atom. The number of carboxylic acid groups (broad SMARTS) is 1. The van der Waals surface area contributed by atoms with Crippen LogP contribution >= 0.6 is 0 Å². The first-order valence-corrected chi connectivity index (χ1v) is 7.79. The minimum atomic E-state index is -0.848. The van der Waals surface area contributed by atoms with Crippen LogP contribution in [0.3, 0.4) is 0 Å². The fourth-order valence-electron chi connectivity index (χ4n) is 2.57. The van der Waals surface area contributed by atoms with Gasteiger partial charge in [0.15, 0.2) is 0 Å². The van der Waals surface area contributed by atoms with Gasteiger partial charge in [0.1, 0.15) is 0 Å². The molecule has 1 aliphatic heterocycles. The average molecular weight is 299 g/mol. The van der Waals surface area contributed by atoms with E-state index in [4.69, 9.17) is 5.11 Å². The normalized spacial score (nSPS) is 19.8. The summed E-state index contributed by atoms with van der Waals surface area (Å²) in [4.78, 5) is 25.1. The molecule has 6 heteroatoms. The molecule has 3 N–H and O–H groups in total. The Morgan fingerprint density at radius 2 is 1.90 bits per heavy atom. The van der Waals surface area contributed by atoms with E-state index >= 15 is 0 Å². The van der Waals surface area contributed by atoms with E-state index in [9.17, 15) is 9.59 Å². The molecule has 122 valence electrons. The Bertz CT molecular complexity index is 352. The number of piperidine rings is 1. The summed E-state index contributed by atoms with van der Waals surface area (Å²) < 4.78 is 0. The minimum Gasteiger partial charge on any atom is -0.481 e. The maximum atomic E-state index is 11.8. The van der Waals surface area contributed by atoms with Crippen molar-refractivity contribution in [2.45, 2.75) is 39.5 Å². The molecule has 0 aromatic rings. The molecular formula is C15H29N3O3. The zero-order chi connectivity index (χ0) is 15.9. The second-order valence-electron chi connectivity index (χ2n) is 6.50. The first kappa shape index (κ1) is 17.8. The molecule has 1 atom stereocenters. The number of carboxylic acids is 1. The number of hydrogen-bond donors (Lipinski definition) is 3. The summed E-state index contributed by atoms with van der Waals surface area (Å²) in [6.45, 7) is 7.07. The van der Waals surface area contributed by atoms with Crippen molar-refractivity contribution in [3.8, 4) is 0 Å². The van der Waals surface area contributed by atoms with Gasteiger partial charge in [0.05, 0.1) is 5.92 Å². The molecule has 0 radical (unpaired) electrons. The lowest BCUT2D eigenvalue weighted by atomic mass is 9.80. The highest BCUT2D eigenvalue weighted by molar-refractivity contribution is 5.75. The fraction of sp³-hybridized carbons (Fsp3) is 0.867. The van der Waals surface area contributed by atoms with Crippen LogP contribution < -0.4 is 10.6 Å². The molecule has 6 nitrogen and oxygen atoms in total. The third-order valence-corrected chi connectivity index (χ3v) is 4.37. The molecular weight excluding hydrogens is 270 g/mol. The topological polar surface area (TPSA) is 81.7 Å². The van der Waals surface area contributed by atoms with Crippen LogP contribution in [-0.4, -0.2) is 55.2 Å². The van der Waals surface area contributed by atoms with Gasteiger partial charge in [0.25, 0.3) is 0 Å². The van der Waals surface area contributed by atoms with Crippen molar-refractivity contribution in [2.24, 2.45) is 11.3 Å². The van der Waals surface area contributed by atoms with Gasteiger partial charge in [-0.15, -0.1) is 0 Å². The molecule has 0 spiro atoms. The summed E-state index contributed by atoms with van der Waals surface area (Å²) in [6, 6.07) is -0.266. The quantitative estimate of drug-likeness (QED) is 0.666. The number of rotatable bonds is 7. The number of hydrogen-bond acceptors (Lipinski definition) is 3. The van der Waals surface area contributed by atoms with E-state index in [1.165, 1.54) is 0 Å². The predicted octanol–water partition coefficient (Wildman–Crippen LogP) is 1.52. The second kappa shape index (κ2) is 8.22. The molecule has 1 aliphatic rings. The molecule has 21 heavy (non-hydrogen) atoms. The average Bonchev–Trinajstić information content (AvgIpc) is 2.44. The van der Waals surface area contributed by atoms with Gasteiger partial charge in [0, 0.05) is 13.1 Å². The van der Waals surface area contributed by atoms with Gasteiger partial charge in [-0.2, -0.15) is 0 Å². The van der Waals surface area contributed by atoms with E-state index < -0.39 is 11.9 Å². The summed E-state index contributed by atoms with van der Waals surface area (Å²) in [5.41, 5.74) is 0.138. The molecule has 1 saturated heterocycles. The molecule has 1 fully saturated rings. The number of nitrogens with one attached hydrogen (secondary N) is 2. The maximum Gasteiger partial charge on any atom is 0.314 e. The first-order chi connectivity index (χ1) is 9.86. The highest BCUT2D eigenvalue weighted by atomic mass is 16.4. The lowest BCUT2D eigenvalue weighted by molar-refractivity contribution is -0.141. The Kier molecular flexibility index (Phi) is 6.95. The van der Waals surface area contributed by atoms with Crippen LogP contribution in [0.15, 0.2) is 0 Å². The van der Waals surface area contributed by atoms with Crippen LogP contribution in [0.25, 0.3) is 0 Å². The summed E-state index contributed by atoms with van der Waals surface area (Å²) in [6.07, 6.45) is 3.51. The van der Waals surface area contributed by atoms with Gasteiger partial charge >= 0.3 is 12.0 Å². The standard InChI is InChI=1S/C15H29N3O3/c1-4-5-12(13(19)20)10-16-14(21)17-11-15(2)6-8-18(3)9-7-15/h12H,4-11H2,1-3H3,(H,19,20)(H2,16,17,21). The molecule has 0 aromatic carbocycles. The molecule has 1 heterocycles. The lowest BCUT2D eigenvalue weighted by Crippen LogP contribution is -2.47. The zero-order valence-electron chi connectivity index (χ0n) is 13.4. The lowest BCUT2D eigenvalue weighted by Gasteiger charge is -2.37. The number of urea groups is 1. The second-order valence-corrected chi connectivity index (χ2v) is 6.50. The van der Waals surface area contributed by atoms with Gasteiger partial charge in [-0.05, 0) is 44.8 Å². The Morgan fingerprint density at radius 1 is 1.29 bits per heavy atom. The van der Waals surface area contributed by atoms with Crippen molar-refractivity contribution in [3.63, 3.8) is 0 Å². The van der Waals surface area contributed by atoms with Gasteiger partial charge in [0.2, 0.25) is 0 Å². The first-order valence-electron chi connectivity index (χ1n) is 7.79. The van der Waals surface area contributed by atoms with E-state index in [0.29, 0.717) is 13.0 Å². The molecule has 0 bridgehead atoms. The van der Waals surface area contributed by atoms with Crippen molar-refractivity contribution in [3.05, 3.63) is 0 Å². The number of likely N-dealkylation sites (tertiary alicyclic amines) is 1. The SMILES string of the molecule is CCCC(CNC(=O)NCC1(C)CCN(C)CC1)C(=O)O. The number of carbonyl (C=O) groups excluding carboxylic acids is 1. The Labute approximate surface area is 127 Å². The monoisotopic (exact) mass is 299 g/mol. The largest absolute Gasteiger partial charge is 0.481 e. The Balaban J connectivity index is 2.29. The van der Waals surface area contributed by atoms with Gasteiger partial charge < -0.3 is 20.6 Å². The molecule has 0 aliphatic carbocycles.